The fourth-order valence-corrected chi connectivity index (χ4v) is 12.6. The molecule has 4 heterocycles. The van der Waals surface area contributed by atoms with E-state index in [-0.39, 0.29) is 0 Å². The lowest BCUT2D eigenvalue weighted by Crippen LogP contribution is -2.07. The van der Waals surface area contributed by atoms with Crippen molar-refractivity contribution in [3.63, 3.8) is 0 Å². The molecule has 0 fully saturated rings. The van der Waals surface area contributed by atoms with Gasteiger partial charge in [-0.25, -0.2) is 15.0 Å². The van der Waals surface area contributed by atoms with Crippen molar-refractivity contribution in [3.8, 4) is 50.7 Å². The summed E-state index contributed by atoms with van der Waals surface area (Å²) in [5, 5.41) is 7.62. The zero-order valence-electron chi connectivity index (χ0n) is 45.0. The fourth-order valence-electron chi connectivity index (χ4n) is 12.6. The van der Waals surface area contributed by atoms with Gasteiger partial charge in [0.1, 0.15) is 11.6 Å². The molecule has 0 saturated carbocycles. The molecule has 6 heteroatoms. The Kier molecular flexibility index (Phi) is 10.5. The Bertz CT molecular complexity index is 4330. The minimum Gasteiger partial charge on any atom is -0.309 e. The van der Waals surface area contributed by atoms with Gasteiger partial charge in [0.25, 0.3) is 0 Å². The van der Waals surface area contributed by atoms with Gasteiger partial charge >= 0.3 is 0 Å². The zero-order chi connectivity index (χ0) is 51.9. The first-order valence-electron chi connectivity index (χ1n) is 26.3. The summed E-state index contributed by atoms with van der Waals surface area (Å²) >= 11 is 0. The summed E-state index contributed by atoms with van der Waals surface area (Å²) < 4.78 is 7.54. The van der Waals surface area contributed by atoms with Crippen LogP contribution in [0.5, 0.6) is 0 Å². The lowest BCUT2D eigenvalue weighted by molar-refractivity contribution is 0.928. The number of rotatable bonds is 6. The summed E-state index contributed by atoms with van der Waals surface area (Å²) in [6.07, 6.45) is 0. The standard InChI is InChI=1S/C69H60N6/c1-37-27-29-62-58(31-37)54-23-13-15-25-60(54)73(62)52-21-17-19-49(33-52)56-35-51(69-71-47(11)70-48(12)72-69)36-57(50-20-18-22-53(34-50)74-61-26-16-14-24-55(61)59-32-38(2)28-30-63(59)74)68(56)75-66-45(9)41(5)39(3)43(7)64(66)65-44(8)40(4)42(6)46(10)67(65)75/h13-36H,1-12H3. The number of fused-ring (bicyclic) bond motifs is 9. The van der Waals surface area contributed by atoms with Gasteiger partial charge in [-0.3, -0.25) is 0 Å². The number of benzene rings is 9. The van der Waals surface area contributed by atoms with Gasteiger partial charge < -0.3 is 13.7 Å². The van der Waals surface area contributed by atoms with E-state index >= 15 is 0 Å². The van der Waals surface area contributed by atoms with Crippen LogP contribution in [-0.4, -0.2) is 28.7 Å². The smallest absolute Gasteiger partial charge is 0.163 e. The Morgan fingerprint density at radius 3 is 1.17 bits per heavy atom. The van der Waals surface area contributed by atoms with Crippen molar-refractivity contribution in [2.45, 2.75) is 83.1 Å². The van der Waals surface area contributed by atoms with Gasteiger partial charge in [-0.1, -0.05) is 83.9 Å². The van der Waals surface area contributed by atoms with Gasteiger partial charge in [-0.15, -0.1) is 0 Å². The lowest BCUT2D eigenvalue weighted by Gasteiger charge is -2.24. The second-order valence-corrected chi connectivity index (χ2v) is 21.3. The molecular formula is C69H60N6. The Morgan fingerprint density at radius 1 is 0.307 bits per heavy atom. The molecule has 0 aliphatic heterocycles. The van der Waals surface area contributed by atoms with Crippen molar-refractivity contribution in [2.24, 2.45) is 0 Å². The van der Waals surface area contributed by atoms with Crippen molar-refractivity contribution in [1.82, 2.24) is 28.7 Å². The molecule has 0 spiro atoms. The van der Waals surface area contributed by atoms with Crippen LogP contribution >= 0.6 is 0 Å². The van der Waals surface area contributed by atoms with Crippen molar-refractivity contribution >= 4 is 65.4 Å². The van der Waals surface area contributed by atoms with E-state index in [1.165, 1.54) is 121 Å². The maximum absolute atomic E-state index is 5.09. The summed E-state index contributed by atoms with van der Waals surface area (Å²) in [6.45, 7) is 26.8. The molecule has 4 aromatic heterocycles. The topological polar surface area (TPSA) is 53.5 Å². The Labute approximate surface area is 438 Å². The highest BCUT2D eigenvalue weighted by Gasteiger charge is 2.29. The van der Waals surface area contributed by atoms with Crippen LogP contribution in [0.1, 0.15) is 67.3 Å². The SMILES string of the molecule is Cc1ccc2c(c1)c1ccccc1n2-c1cccc(-c2cc(-c3nc(C)nc(C)n3)cc(-c3cccc(-n4c5ccccc5c5cc(C)ccc54)c3)c2-n2c3c(C)c(C)c(C)c(C)c3c3c(C)c(C)c(C)c(C)c32)c1. The van der Waals surface area contributed by atoms with Crippen LogP contribution in [0, 0.1) is 83.1 Å². The van der Waals surface area contributed by atoms with Crippen molar-refractivity contribution in [2.75, 3.05) is 0 Å². The first-order chi connectivity index (χ1) is 36.2. The number of nitrogens with zero attached hydrogens (tertiary/aromatic N) is 6. The molecule has 0 bridgehead atoms. The second-order valence-electron chi connectivity index (χ2n) is 21.3. The first-order valence-corrected chi connectivity index (χ1v) is 26.3. The molecule has 13 aromatic rings. The van der Waals surface area contributed by atoms with Gasteiger partial charge in [0.15, 0.2) is 5.82 Å². The number of aryl methyl sites for hydroxylation is 8. The van der Waals surface area contributed by atoms with Gasteiger partial charge in [0, 0.05) is 60.4 Å². The van der Waals surface area contributed by atoms with Crippen LogP contribution in [0.25, 0.3) is 116 Å². The minimum atomic E-state index is 0.649. The maximum atomic E-state index is 5.09. The van der Waals surface area contributed by atoms with Crippen LogP contribution in [0.15, 0.2) is 146 Å². The number of aromatic nitrogens is 6. The summed E-state index contributed by atoms with van der Waals surface area (Å²) in [5.41, 5.74) is 28.8. The van der Waals surface area contributed by atoms with Gasteiger partial charge in [0.2, 0.25) is 0 Å². The molecule has 0 atom stereocenters. The van der Waals surface area contributed by atoms with E-state index in [1.807, 2.05) is 13.8 Å². The molecule has 0 radical (unpaired) electrons. The Balaban J connectivity index is 1.22. The van der Waals surface area contributed by atoms with Crippen molar-refractivity contribution in [3.05, 3.63) is 213 Å². The number of hydrogen-bond donors (Lipinski definition) is 0. The summed E-state index contributed by atoms with van der Waals surface area (Å²) in [6, 6.07) is 54.3. The third-order valence-corrected chi connectivity index (χ3v) is 16.9. The van der Waals surface area contributed by atoms with E-state index in [1.54, 1.807) is 0 Å². The van der Waals surface area contributed by atoms with Crippen LogP contribution in [0.2, 0.25) is 0 Å². The summed E-state index contributed by atoms with van der Waals surface area (Å²) in [4.78, 5) is 14.9. The minimum absolute atomic E-state index is 0.649. The quantitative estimate of drug-likeness (QED) is 0.167. The van der Waals surface area contributed by atoms with Crippen molar-refractivity contribution < 1.29 is 0 Å². The predicted octanol–water partition coefficient (Wildman–Crippen LogP) is 17.9. The molecule has 0 aliphatic rings. The zero-order valence-corrected chi connectivity index (χ0v) is 45.0. The number of para-hydroxylation sites is 2. The third-order valence-electron chi connectivity index (χ3n) is 16.9. The van der Waals surface area contributed by atoms with E-state index in [4.69, 9.17) is 9.97 Å². The van der Waals surface area contributed by atoms with E-state index < -0.39 is 0 Å². The molecule has 0 amide bonds. The van der Waals surface area contributed by atoms with E-state index in [0.29, 0.717) is 17.5 Å². The molecule has 13 rings (SSSR count). The average molecular weight is 973 g/mol. The van der Waals surface area contributed by atoms with Gasteiger partial charge in [0.05, 0.1) is 38.8 Å². The highest BCUT2D eigenvalue weighted by molar-refractivity contribution is 6.17. The molecule has 0 saturated heterocycles. The third kappa shape index (κ3) is 6.88. The largest absolute Gasteiger partial charge is 0.309 e. The Hall–Kier alpha value is -8.61. The molecule has 0 N–H and O–H groups in total. The van der Waals surface area contributed by atoms with E-state index in [9.17, 15) is 0 Å². The normalized spacial score (nSPS) is 12.0. The average Bonchev–Trinajstić information content (AvgIpc) is 4.07. The van der Waals surface area contributed by atoms with Gasteiger partial charge in [-0.2, -0.15) is 0 Å². The molecule has 366 valence electrons. The number of hydrogen-bond acceptors (Lipinski definition) is 3. The van der Waals surface area contributed by atoms with E-state index in [2.05, 4.69) is 234 Å². The first kappa shape index (κ1) is 46.2. The molecule has 6 nitrogen and oxygen atoms in total. The van der Waals surface area contributed by atoms with Crippen LogP contribution in [0.4, 0.5) is 0 Å². The second kappa shape index (κ2) is 17.0. The van der Waals surface area contributed by atoms with Crippen LogP contribution in [-0.2, 0) is 0 Å². The molecule has 0 unspecified atom stereocenters. The molecule has 75 heavy (non-hydrogen) atoms. The lowest BCUT2D eigenvalue weighted by atomic mass is 9.90. The highest BCUT2D eigenvalue weighted by Crippen LogP contribution is 2.49. The molecular weight excluding hydrogens is 913 g/mol. The maximum Gasteiger partial charge on any atom is 0.163 e. The monoisotopic (exact) mass is 972 g/mol. The van der Waals surface area contributed by atoms with E-state index in [0.717, 1.165) is 44.9 Å². The van der Waals surface area contributed by atoms with Crippen molar-refractivity contribution in [1.29, 1.82) is 0 Å². The Morgan fingerprint density at radius 2 is 0.720 bits per heavy atom. The summed E-state index contributed by atoms with van der Waals surface area (Å²) in [5.74, 6) is 2.03. The molecule has 9 aromatic carbocycles. The fraction of sp³-hybridized carbons (Fsp3) is 0.174. The predicted molar refractivity (Wildman–Crippen MR) is 316 cm³/mol. The van der Waals surface area contributed by atoms with Gasteiger partial charge in [-0.05, 0) is 212 Å². The molecule has 0 aliphatic carbocycles. The highest BCUT2D eigenvalue weighted by atomic mass is 15.0. The van der Waals surface area contributed by atoms with Crippen LogP contribution < -0.4 is 0 Å². The van der Waals surface area contributed by atoms with Crippen LogP contribution in [0.3, 0.4) is 0 Å². The summed E-state index contributed by atoms with van der Waals surface area (Å²) in [7, 11) is 0.